The van der Waals surface area contributed by atoms with Crippen molar-refractivity contribution in [3.05, 3.63) is 42.2 Å². The Labute approximate surface area is 290 Å². The highest BCUT2D eigenvalue weighted by molar-refractivity contribution is 5.92. The number of piperidine rings is 1. The second kappa shape index (κ2) is 13.7. The molecule has 2 amide bonds. The van der Waals surface area contributed by atoms with Gasteiger partial charge in [-0.2, -0.15) is 10.2 Å². The van der Waals surface area contributed by atoms with E-state index < -0.39 is 5.60 Å². The third kappa shape index (κ3) is 8.07. The third-order valence-corrected chi connectivity index (χ3v) is 10.3. The van der Waals surface area contributed by atoms with Crippen LogP contribution in [-0.2, 0) is 16.0 Å². The van der Waals surface area contributed by atoms with Crippen LogP contribution in [0.2, 0.25) is 0 Å². The molecule has 49 heavy (non-hydrogen) atoms. The molecular weight excluding hydrogens is 616 g/mol. The number of likely N-dealkylation sites (tertiary alicyclic amines) is 2. The standard InChI is InChI=1S/C38H52N8O3/c1-36(2,3)31-23-27(17-22-45(31)35(48)49-37(4,5)6)44-24-38(25-44,19-20-39)18-8-7-12-29-28(11-10-21-40-29)30-13-9-14-32-41-34(43-46(30)32)42-33(47)26-15-16-26/h9-11,13-14,21,26-27,31H,7-8,12,15-19,22-25H2,1-6H3,(H,42,43,47). The van der Waals surface area contributed by atoms with Crippen LogP contribution in [0, 0.1) is 28.1 Å². The van der Waals surface area contributed by atoms with E-state index in [0.29, 0.717) is 30.6 Å². The Balaban J connectivity index is 1.06. The van der Waals surface area contributed by atoms with Gasteiger partial charge in [-0.1, -0.05) is 33.3 Å². The third-order valence-electron chi connectivity index (χ3n) is 10.3. The summed E-state index contributed by atoms with van der Waals surface area (Å²) in [6.07, 6.45) is 9.66. The topological polar surface area (TPSA) is 129 Å². The summed E-state index contributed by atoms with van der Waals surface area (Å²) in [5, 5.41) is 17.3. The number of carbonyl (C=O) groups is 2. The lowest BCUT2D eigenvalue weighted by Crippen LogP contribution is -2.64. The van der Waals surface area contributed by atoms with Crippen LogP contribution >= 0.6 is 0 Å². The van der Waals surface area contributed by atoms with Crippen molar-refractivity contribution in [2.45, 2.75) is 117 Å². The quantitative estimate of drug-likeness (QED) is 0.232. The van der Waals surface area contributed by atoms with Crippen LogP contribution in [0.15, 0.2) is 36.5 Å². The molecule has 0 aromatic carbocycles. The number of aryl methyl sites for hydroxylation is 1. The van der Waals surface area contributed by atoms with Crippen molar-refractivity contribution >= 4 is 23.6 Å². The number of nitrogens with one attached hydrogen (secondary N) is 1. The summed E-state index contributed by atoms with van der Waals surface area (Å²) in [6, 6.07) is 12.9. The molecule has 0 radical (unpaired) electrons. The van der Waals surface area contributed by atoms with Gasteiger partial charge in [0.1, 0.15) is 5.60 Å². The number of carbonyl (C=O) groups excluding carboxylic acids is 2. The molecule has 3 aromatic heterocycles. The lowest BCUT2D eigenvalue weighted by Gasteiger charge is -2.56. The molecule has 2 atom stereocenters. The van der Waals surface area contributed by atoms with Gasteiger partial charge >= 0.3 is 6.09 Å². The van der Waals surface area contributed by atoms with Crippen molar-refractivity contribution in [3.8, 4) is 17.3 Å². The zero-order valence-electron chi connectivity index (χ0n) is 30.0. The first-order valence-electron chi connectivity index (χ1n) is 18.0. The average Bonchev–Trinajstić information content (AvgIpc) is 3.80. The van der Waals surface area contributed by atoms with Crippen molar-refractivity contribution in [1.29, 1.82) is 5.26 Å². The summed E-state index contributed by atoms with van der Waals surface area (Å²) in [5.74, 6) is 0.395. The SMILES string of the molecule is CC(C)(C)OC(=O)N1CCC(N2CC(CC#N)(CCCCc3ncccc3-c3cccc4nc(NC(=O)C5CC5)nn34)C2)CC1C(C)(C)C. The van der Waals surface area contributed by atoms with Crippen LogP contribution in [-0.4, -0.2) is 78.7 Å². The molecule has 1 saturated carbocycles. The number of amides is 2. The van der Waals surface area contributed by atoms with Crippen molar-refractivity contribution < 1.29 is 14.3 Å². The molecule has 11 heteroatoms. The van der Waals surface area contributed by atoms with Crippen LogP contribution in [0.25, 0.3) is 16.9 Å². The number of anilines is 1. The summed E-state index contributed by atoms with van der Waals surface area (Å²) in [4.78, 5) is 39.2. The molecule has 1 N–H and O–H groups in total. The van der Waals surface area contributed by atoms with Gasteiger partial charge in [0, 0.05) is 66.9 Å². The number of ether oxygens (including phenoxy) is 1. The fourth-order valence-corrected chi connectivity index (χ4v) is 7.62. The molecule has 0 spiro atoms. The minimum atomic E-state index is -0.521. The Bertz CT molecular complexity index is 1700. The molecule has 5 heterocycles. The van der Waals surface area contributed by atoms with E-state index in [-0.39, 0.29) is 34.8 Å². The van der Waals surface area contributed by atoms with Crippen molar-refractivity contribution in [2.75, 3.05) is 25.0 Å². The van der Waals surface area contributed by atoms with E-state index in [1.165, 1.54) is 0 Å². The van der Waals surface area contributed by atoms with E-state index in [0.717, 1.165) is 81.4 Å². The molecule has 2 saturated heterocycles. The number of rotatable bonds is 10. The number of hydrogen-bond acceptors (Lipinski definition) is 8. The van der Waals surface area contributed by atoms with Gasteiger partial charge < -0.3 is 9.64 Å². The molecule has 0 bridgehead atoms. The molecule has 2 aliphatic heterocycles. The zero-order chi connectivity index (χ0) is 35.0. The fraction of sp³-hybridized carbons (Fsp3) is 0.632. The van der Waals surface area contributed by atoms with Gasteiger partial charge in [-0.15, -0.1) is 5.10 Å². The fourth-order valence-electron chi connectivity index (χ4n) is 7.62. The molecule has 3 aromatic rings. The van der Waals surface area contributed by atoms with E-state index in [1.54, 1.807) is 4.52 Å². The number of fused-ring (bicyclic) bond motifs is 1. The van der Waals surface area contributed by atoms with Crippen LogP contribution in [0.4, 0.5) is 10.7 Å². The van der Waals surface area contributed by atoms with Crippen LogP contribution in [0.1, 0.15) is 98.6 Å². The van der Waals surface area contributed by atoms with Gasteiger partial charge in [0.05, 0.1) is 11.8 Å². The number of nitriles is 1. The first-order chi connectivity index (χ1) is 23.2. The Morgan fingerprint density at radius 3 is 2.53 bits per heavy atom. The molecule has 262 valence electrons. The van der Waals surface area contributed by atoms with Gasteiger partial charge in [-0.25, -0.2) is 9.31 Å². The second-order valence-electron chi connectivity index (χ2n) is 16.6. The number of unbranched alkanes of at least 4 members (excludes halogenated alkanes) is 1. The van der Waals surface area contributed by atoms with Crippen LogP contribution < -0.4 is 5.32 Å². The van der Waals surface area contributed by atoms with E-state index in [2.05, 4.69) is 53.2 Å². The maximum Gasteiger partial charge on any atom is 0.410 e. The van der Waals surface area contributed by atoms with Crippen LogP contribution in [0.3, 0.4) is 0 Å². The van der Waals surface area contributed by atoms with E-state index in [4.69, 9.17) is 9.72 Å². The first kappa shape index (κ1) is 34.8. The van der Waals surface area contributed by atoms with Crippen LogP contribution in [0.5, 0.6) is 0 Å². The van der Waals surface area contributed by atoms with Gasteiger partial charge in [0.15, 0.2) is 5.65 Å². The average molecular weight is 669 g/mol. The molecule has 11 nitrogen and oxygen atoms in total. The minimum Gasteiger partial charge on any atom is -0.444 e. The highest BCUT2D eigenvalue weighted by Gasteiger charge is 2.48. The predicted molar refractivity (Wildman–Crippen MR) is 189 cm³/mol. The lowest BCUT2D eigenvalue weighted by molar-refractivity contribution is -0.117. The minimum absolute atomic E-state index is 0.00878. The van der Waals surface area contributed by atoms with Crippen molar-refractivity contribution in [3.63, 3.8) is 0 Å². The maximum absolute atomic E-state index is 13.1. The monoisotopic (exact) mass is 668 g/mol. The Kier molecular flexibility index (Phi) is 9.73. The normalized spacial score (nSPS) is 21.2. The van der Waals surface area contributed by atoms with Gasteiger partial charge in [0.25, 0.3) is 0 Å². The first-order valence-corrected chi connectivity index (χ1v) is 18.0. The van der Waals surface area contributed by atoms with E-state index in [1.807, 2.05) is 56.1 Å². The predicted octanol–water partition coefficient (Wildman–Crippen LogP) is 6.88. The summed E-state index contributed by atoms with van der Waals surface area (Å²) >= 11 is 0. The Hall–Kier alpha value is -4.04. The zero-order valence-corrected chi connectivity index (χ0v) is 30.0. The summed E-state index contributed by atoms with van der Waals surface area (Å²) in [5.41, 5.74) is 3.00. The summed E-state index contributed by atoms with van der Waals surface area (Å²) in [6.45, 7) is 14.9. The molecule has 1 aliphatic carbocycles. The number of aromatic nitrogens is 4. The van der Waals surface area contributed by atoms with Crippen molar-refractivity contribution in [1.82, 2.24) is 29.4 Å². The summed E-state index contributed by atoms with van der Waals surface area (Å²) in [7, 11) is 0. The molecule has 6 rings (SSSR count). The molecular formula is C38H52N8O3. The number of pyridine rings is 2. The highest BCUT2D eigenvalue weighted by atomic mass is 16.6. The van der Waals surface area contributed by atoms with Crippen molar-refractivity contribution in [2.24, 2.45) is 16.7 Å². The smallest absolute Gasteiger partial charge is 0.410 e. The van der Waals surface area contributed by atoms with E-state index >= 15 is 0 Å². The highest BCUT2D eigenvalue weighted by Crippen LogP contribution is 2.44. The lowest BCUT2D eigenvalue weighted by atomic mass is 9.70. The second-order valence-corrected chi connectivity index (χ2v) is 16.6. The Morgan fingerprint density at radius 2 is 1.84 bits per heavy atom. The molecule has 3 fully saturated rings. The van der Waals surface area contributed by atoms with E-state index in [9.17, 15) is 14.9 Å². The number of hydrogen-bond donors (Lipinski definition) is 1. The number of nitrogens with zero attached hydrogens (tertiary/aromatic N) is 7. The Morgan fingerprint density at radius 1 is 1.06 bits per heavy atom. The van der Waals surface area contributed by atoms with Gasteiger partial charge in [-0.05, 0) is 95.4 Å². The molecule has 3 aliphatic rings. The largest absolute Gasteiger partial charge is 0.444 e. The van der Waals surface area contributed by atoms with Gasteiger partial charge in [0.2, 0.25) is 11.9 Å². The molecule has 2 unspecified atom stereocenters. The summed E-state index contributed by atoms with van der Waals surface area (Å²) < 4.78 is 7.56. The van der Waals surface area contributed by atoms with Gasteiger partial charge in [-0.3, -0.25) is 20.0 Å². The maximum atomic E-state index is 13.1.